The molecular formula is C19H16BrNO3. The Hall–Kier alpha value is -2.53. The molecule has 3 rings (SSSR count). The number of hydrogen-bond donors (Lipinski definition) is 1. The molecular weight excluding hydrogens is 370 g/mol. The van der Waals surface area contributed by atoms with Crippen LogP contribution in [0.5, 0.6) is 17.2 Å². The highest BCUT2D eigenvalue weighted by Crippen LogP contribution is 2.34. The number of halogens is 1. The molecule has 0 radical (unpaired) electrons. The van der Waals surface area contributed by atoms with Gasteiger partial charge in [0.05, 0.1) is 19.9 Å². The number of benzene rings is 2. The van der Waals surface area contributed by atoms with Crippen LogP contribution in [0.25, 0.3) is 23.1 Å². The Bertz CT molecular complexity index is 922. The summed E-state index contributed by atoms with van der Waals surface area (Å²) >= 11 is 3.53. The van der Waals surface area contributed by atoms with Crippen LogP contribution in [0.2, 0.25) is 0 Å². The quantitative estimate of drug-likeness (QED) is 0.694. The lowest BCUT2D eigenvalue weighted by Crippen LogP contribution is -1.91. The van der Waals surface area contributed by atoms with Crippen LogP contribution in [0.1, 0.15) is 11.3 Å². The van der Waals surface area contributed by atoms with Crippen molar-refractivity contribution in [3.8, 4) is 17.2 Å². The van der Waals surface area contributed by atoms with Gasteiger partial charge in [-0.25, -0.2) is 4.98 Å². The molecule has 1 N–H and O–H groups in total. The normalized spacial score (nSPS) is 11.1. The number of ether oxygens (including phenoxy) is 2. The number of fused-ring (bicyclic) bond motifs is 1. The summed E-state index contributed by atoms with van der Waals surface area (Å²) in [5, 5.41) is 10.8. The molecule has 0 saturated heterocycles. The first-order valence-electron chi connectivity index (χ1n) is 7.30. The molecule has 0 amide bonds. The molecule has 4 nitrogen and oxygen atoms in total. The van der Waals surface area contributed by atoms with Gasteiger partial charge in [0.1, 0.15) is 11.3 Å². The van der Waals surface area contributed by atoms with Gasteiger partial charge in [-0.3, -0.25) is 0 Å². The zero-order chi connectivity index (χ0) is 17.1. The molecule has 1 aromatic heterocycles. The fourth-order valence-electron chi connectivity index (χ4n) is 2.41. The van der Waals surface area contributed by atoms with Crippen LogP contribution in [0.15, 0.2) is 46.9 Å². The van der Waals surface area contributed by atoms with E-state index in [1.807, 2.05) is 42.5 Å². The lowest BCUT2D eigenvalue weighted by molar-refractivity contribution is 0.354. The third kappa shape index (κ3) is 3.21. The first-order valence-corrected chi connectivity index (χ1v) is 8.10. The van der Waals surface area contributed by atoms with Gasteiger partial charge < -0.3 is 14.6 Å². The number of aromatic nitrogens is 1. The van der Waals surface area contributed by atoms with E-state index in [-0.39, 0.29) is 5.75 Å². The maximum atomic E-state index is 9.93. The number of rotatable bonds is 4. The van der Waals surface area contributed by atoms with Gasteiger partial charge in [0, 0.05) is 9.86 Å². The molecule has 0 aliphatic heterocycles. The van der Waals surface area contributed by atoms with Gasteiger partial charge in [-0.2, -0.15) is 0 Å². The van der Waals surface area contributed by atoms with Gasteiger partial charge in [0.2, 0.25) is 0 Å². The zero-order valence-electron chi connectivity index (χ0n) is 13.3. The largest absolute Gasteiger partial charge is 0.506 e. The summed E-state index contributed by atoms with van der Waals surface area (Å²) in [4.78, 5) is 4.49. The van der Waals surface area contributed by atoms with Crippen LogP contribution in [0, 0.1) is 0 Å². The maximum Gasteiger partial charge on any atom is 0.161 e. The maximum absolute atomic E-state index is 9.93. The van der Waals surface area contributed by atoms with Crippen LogP contribution in [-0.2, 0) is 0 Å². The summed E-state index contributed by atoms with van der Waals surface area (Å²) in [5.41, 5.74) is 2.28. The van der Waals surface area contributed by atoms with E-state index < -0.39 is 0 Å². The highest BCUT2D eigenvalue weighted by molar-refractivity contribution is 9.10. The monoisotopic (exact) mass is 385 g/mol. The Balaban J connectivity index is 1.97. The molecule has 122 valence electrons. The standard InChI is InChI=1S/C19H16BrNO3/c1-23-17-10-13(15(20)11-18(17)24-2)7-9-14-8-6-12-4-3-5-16(22)19(12)21-14/h3-11,22H,1-2H3/b9-7+. The molecule has 0 atom stereocenters. The smallest absolute Gasteiger partial charge is 0.161 e. The highest BCUT2D eigenvalue weighted by atomic mass is 79.9. The van der Waals surface area contributed by atoms with Crippen LogP contribution >= 0.6 is 15.9 Å². The second kappa shape index (κ2) is 6.93. The van der Waals surface area contributed by atoms with E-state index >= 15 is 0 Å². The van der Waals surface area contributed by atoms with Crippen molar-refractivity contribution in [1.82, 2.24) is 4.98 Å². The highest BCUT2D eigenvalue weighted by Gasteiger charge is 2.08. The Labute approximate surface area is 148 Å². The minimum absolute atomic E-state index is 0.176. The molecule has 0 saturated carbocycles. The molecule has 1 heterocycles. The van der Waals surface area contributed by atoms with E-state index in [0.717, 1.165) is 21.1 Å². The van der Waals surface area contributed by atoms with E-state index in [4.69, 9.17) is 9.47 Å². The lowest BCUT2D eigenvalue weighted by atomic mass is 10.1. The minimum atomic E-state index is 0.176. The number of phenolic OH excluding ortho intramolecular Hbond substituents is 1. The molecule has 5 heteroatoms. The third-order valence-corrected chi connectivity index (χ3v) is 4.34. The SMILES string of the molecule is COc1cc(Br)c(/C=C/c2ccc3cccc(O)c3n2)cc1OC. The van der Waals surface area contributed by atoms with Crippen molar-refractivity contribution in [2.45, 2.75) is 0 Å². The van der Waals surface area contributed by atoms with Crippen LogP contribution in [0.3, 0.4) is 0 Å². The second-order valence-electron chi connectivity index (χ2n) is 5.15. The molecule has 0 unspecified atom stereocenters. The molecule has 3 aromatic rings. The number of aromatic hydroxyl groups is 1. The van der Waals surface area contributed by atoms with Gasteiger partial charge in [0.15, 0.2) is 11.5 Å². The molecule has 24 heavy (non-hydrogen) atoms. The Kier molecular flexibility index (Phi) is 4.71. The molecule has 0 aliphatic carbocycles. The number of para-hydroxylation sites is 1. The van der Waals surface area contributed by atoms with Gasteiger partial charge in [-0.1, -0.05) is 40.2 Å². The fourth-order valence-corrected chi connectivity index (χ4v) is 2.87. The number of pyridine rings is 1. The van der Waals surface area contributed by atoms with Crippen molar-refractivity contribution in [1.29, 1.82) is 0 Å². The second-order valence-corrected chi connectivity index (χ2v) is 6.00. The Morgan fingerprint density at radius 2 is 1.75 bits per heavy atom. The van der Waals surface area contributed by atoms with Crippen molar-refractivity contribution in [2.75, 3.05) is 14.2 Å². The number of hydrogen-bond acceptors (Lipinski definition) is 4. The predicted octanol–water partition coefficient (Wildman–Crippen LogP) is 4.89. The van der Waals surface area contributed by atoms with E-state index in [1.165, 1.54) is 0 Å². The number of phenols is 1. The van der Waals surface area contributed by atoms with Gasteiger partial charge in [-0.15, -0.1) is 0 Å². The zero-order valence-corrected chi connectivity index (χ0v) is 14.9. The number of methoxy groups -OCH3 is 2. The average Bonchev–Trinajstić information content (AvgIpc) is 2.61. The summed E-state index contributed by atoms with van der Waals surface area (Å²) < 4.78 is 11.5. The third-order valence-electron chi connectivity index (χ3n) is 3.66. The summed E-state index contributed by atoms with van der Waals surface area (Å²) in [6, 6.07) is 12.9. The molecule has 0 bridgehead atoms. The van der Waals surface area contributed by atoms with Crippen LogP contribution in [0.4, 0.5) is 0 Å². The van der Waals surface area contributed by atoms with E-state index in [0.29, 0.717) is 17.0 Å². The van der Waals surface area contributed by atoms with Gasteiger partial charge >= 0.3 is 0 Å². The Morgan fingerprint density at radius 1 is 1.00 bits per heavy atom. The first-order chi connectivity index (χ1) is 11.6. The Morgan fingerprint density at radius 3 is 2.50 bits per heavy atom. The fraction of sp³-hybridized carbons (Fsp3) is 0.105. The van der Waals surface area contributed by atoms with Crippen molar-refractivity contribution in [3.63, 3.8) is 0 Å². The van der Waals surface area contributed by atoms with E-state index in [1.54, 1.807) is 26.4 Å². The predicted molar refractivity (Wildman–Crippen MR) is 99.6 cm³/mol. The summed E-state index contributed by atoms with van der Waals surface area (Å²) in [6.45, 7) is 0. The van der Waals surface area contributed by atoms with E-state index in [9.17, 15) is 5.11 Å². The average molecular weight is 386 g/mol. The molecule has 0 spiro atoms. The summed E-state index contributed by atoms with van der Waals surface area (Å²) in [6.07, 6.45) is 3.82. The van der Waals surface area contributed by atoms with Gasteiger partial charge in [-0.05, 0) is 35.9 Å². The summed E-state index contributed by atoms with van der Waals surface area (Å²) in [5.74, 6) is 1.50. The lowest BCUT2D eigenvalue weighted by Gasteiger charge is -2.09. The van der Waals surface area contributed by atoms with E-state index in [2.05, 4.69) is 20.9 Å². The summed E-state index contributed by atoms with van der Waals surface area (Å²) in [7, 11) is 3.21. The first kappa shape index (κ1) is 16.3. The van der Waals surface area contributed by atoms with Crippen molar-refractivity contribution >= 4 is 39.0 Å². The topological polar surface area (TPSA) is 51.6 Å². The van der Waals surface area contributed by atoms with Gasteiger partial charge in [0.25, 0.3) is 0 Å². The molecule has 2 aromatic carbocycles. The van der Waals surface area contributed by atoms with Crippen LogP contribution in [-0.4, -0.2) is 24.3 Å². The van der Waals surface area contributed by atoms with Crippen molar-refractivity contribution in [3.05, 3.63) is 58.2 Å². The minimum Gasteiger partial charge on any atom is -0.506 e. The molecule has 0 aliphatic rings. The molecule has 0 fully saturated rings. The van der Waals surface area contributed by atoms with Crippen molar-refractivity contribution in [2.24, 2.45) is 0 Å². The van der Waals surface area contributed by atoms with Crippen LogP contribution < -0.4 is 9.47 Å². The van der Waals surface area contributed by atoms with Crippen molar-refractivity contribution < 1.29 is 14.6 Å². The number of nitrogens with zero attached hydrogens (tertiary/aromatic N) is 1.